The number of nitro groups is 1. The first-order valence-electron chi connectivity index (χ1n) is 8.56. The zero-order valence-corrected chi connectivity index (χ0v) is 15.8. The Labute approximate surface area is 163 Å². The maximum Gasteiger partial charge on any atom is 0.269 e. The molecule has 0 aliphatic carbocycles. The van der Waals surface area contributed by atoms with Crippen LogP contribution in [0.2, 0.25) is 0 Å². The summed E-state index contributed by atoms with van der Waals surface area (Å²) in [5, 5.41) is 20.0. The number of carbonyl (C=O) groups is 1. The van der Waals surface area contributed by atoms with Crippen molar-refractivity contribution in [3.8, 4) is 17.6 Å². The molecule has 0 aliphatic heterocycles. The van der Waals surface area contributed by atoms with Gasteiger partial charge in [0.2, 0.25) is 0 Å². The number of rotatable bonds is 8. The number of Topliss-reactive ketones (excluding diaryl/α,β-unsaturated/α-hetero) is 1. The second kappa shape index (κ2) is 9.33. The van der Waals surface area contributed by atoms with Gasteiger partial charge in [0.1, 0.15) is 12.7 Å². The van der Waals surface area contributed by atoms with Crippen molar-refractivity contribution >= 4 is 17.5 Å². The smallest absolute Gasteiger partial charge is 0.269 e. The van der Waals surface area contributed by atoms with Gasteiger partial charge in [-0.3, -0.25) is 14.9 Å². The summed E-state index contributed by atoms with van der Waals surface area (Å²) in [6, 6.07) is 13.1. The molecule has 0 saturated heterocycles. The topological polar surface area (TPSA) is 102 Å². The molecule has 2 rings (SSSR count). The molecule has 2 aromatic carbocycles. The summed E-state index contributed by atoms with van der Waals surface area (Å²) in [6.45, 7) is 3.65. The van der Waals surface area contributed by atoms with E-state index >= 15 is 0 Å². The van der Waals surface area contributed by atoms with Gasteiger partial charge in [-0.05, 0) is 41.5 Å². The first-order chi connectivity index (χ1) is 13.3. The fraction of sp³-hybridized carbons (Fsp3) is 0.238. The number of benzene rings is 2. The van der Waals surface area contributed by atoms with E-state index in [1.54, 1.807) is 44.2 Å². The van der Waals surface area contributed by atoms with E-state index in [4.69, 9.17) is 9.47 Å². The van der Waals surface area contributed by atoms with Crippen LogP contribution >= 0.6 is 0 Å². The third-order valence-electron chi connectivity index (χ3n) is 3.95. The molecule has 0 aromatic heterocycles. The lowest BCUT2D eigenvalue weighted by Gasteiger charge is -2.12. The Morgan fingerprint density at radius 1 is 1.21 bits per heavy atom. The number of nitriles is 1. The van der Waals surface area contributed by atoms with Crippen molar-refractivity contribution in [2.24, 2.45) is 5.92 Å². The van der Waals surface area contributed by atoms with Crippen molar-refractivity contribution in [1.82, 2.24) is 0 Å². The number of methoxy groups -OCH3 is 1. The van der Waals surface area contributed by atoms with Crippen LogP contribution in [0.25, 0.3) is 6.08 Å². The molecule has 0 heterocycles. The van der Waals surface area contributed by atoms with Crippen LogP contribution < -0.4 is 9.47 Å². The average Bonchev–Trinajstić information content (AvgIpc) is 2.70. The summed E-state index contributed by atoms with van der Waals surface area (Å²) >= 11 is 0. The zero-order valence-electron chi connectivity index (χ0n) is 15.8. The lowest BCUT2D eigenvalue weighted by atomic mass is 10.00. The molecule has 144 valence electrons. The van der Waals surface area contributed by atoms with E-state index in [9.17, 15) is 20.2 Å². The fourth-order valence-electron chi connectivity index (χ4n) is 2.41. The van der Waals surface area contributed by atoms with Crippen LogP contribution in [0.4, 0.5) is 5.69 Å². The van der Waals surface area contributed by atoms with Crippen LogP contribution in [0.15, 0.2) is 48.0 Å². The van der Waals surface area contributed by atoms with Crippen LogP contribution in [0.3, 0.4) is 0 Å². The molecule has 0 bridgehead atoms. The number of carbonyl (C=O) groups excluding carboxylic acids is 1. The molecule has 7 heteroatoms. The molecule has 0 unspecified atom stereocenters. The number of nitro benzene ring substituents is 1. The zero-order chi connectivity index (χ0) is 20.7. The summed E-state index contributed by atoms with van der Waals surface area (Å²) in [7, 11) is 1.51. The number of ether oxygens (including phenoxy) is 2. The molecular formula is C21H20N2O5. The van der Waals surface area contributed by atoms with Crippen molar-refractivity contribution in [3.63, 3.8) is 0 Å². The number of allylic oxidation sites excluding steroid dienone is 1. The molecule has 0 atom stereocenters. The molecule has 0 saturated carbocycles. The Kier molecular flexibility index (Phi) is 6.88. The highest BCUT2D eigenvalue weighted by Crippen LogP contribution is 2.30. The third kappa shape index (κ3) is 5.17. The van der Waals surface area contributed by atoms with Gasteiger partial charge in [0.15, 0.2) is 17.3 Å². The molecule has 0 fully saturated rings. The summed E-state index contributed by atoms with van der Waals surface area (Å²) < 4.78 is 11.1. The quantitative estimate of drug-likeness (QED) is 0.292. The van der Waals surface area contributed by atoms with Crippen molar-refractivity contribution < 1.29 is 19.2 Å². The summed E-state index contributed by atoms with van der Waals surface area (Å²) in [4.78, 5) is 22.3. The van der Waals surface area contributed by atoms with E-state index in [0.717, 1.165) is 5.56 Å². The second-order valence-electron chi connectivity index (χ2n) is 6.31. The summed E-state index contributed by atoms with van der Waals surface area (Å²) in [5.41, 5.74) is 1.46. The van der Waals surface area contributed by atoms with Gasteiger partial charge in [-0.25, -0.2) is 0 Å². The van der Waals surface area contributed by atoms with Crippen LogP contribution in [-0.2, 0) is 11.4 Å². The minimum atomic E-state index is -0.464. The van der Waals surface area contributed by atoms with Gasteiger partial charge < -0.3 is 9.47 Å². The first kappa shape index (κ1) is 20.6. The molecule has 2 aromatic rings. The summed E-state index contributed by atoms with van der Waals surface area (Å²) in [5.74, 6) is 0.422. The normalized spacial score (nSPS) is 11.0. The van der Waals surface area contributed by atoms with Gasteiger partial charge in [-0.15, -0.1) is 0 Å². The van der Waals surface area contributed by atoms with Crippen molar-refractivity contribution in [1.29, 1.82) is 5.26 Å². The Bertz CT molecular complexity index is 940. The van der Waals surface area contributed by atoms with Crippen LogP contribution in [0, 0.1) is 27.4 Å². The average molecular weight is 380 g/mol. The molecule has 0 aliphatic rings. The number of non-ortho nitro benzene ring substituents is 1. The van der Waals surface area contributed by atoms with Gasteiger partial charge in [-0.1, -0.05) is 19.9 Å². The number of hydrogen-bond acceptors (Lipinski definition) is 6. The van der Waals surface area contributed by atoms with Gasteiger partial charge in [0, 0.05) is 18.1 Å². The van der Waals surface area contributed by atoms with Crippen molar-refractivity contribution in [2.45, 2.75) is 20.5 Å². The minimum absolute atomic E-state index is 0.00678. The van der Waals surface area contributed by atoms with E-state index < -0.39 is 4.92 Å². The van der Waals surface area contributed by atoms with E-state index in [1.807, 2.05) is 6.07 Å². The highest BCUT2D eigenvalue weighted by atomic mass is 16.6. The van der Waals surface area contributed by atoms with E-state index in [-0.39, 0.29) is 29.6 Å². The maximum absolute atomic E-state index is 12.1. The van der Waals surface area contributed by atoms with Crippen LogP contribution in [0.1, 0.15) is 25.0 Å². The molecule has 0 spiro atoms. The lowest BCUT2D eigenvalue weighted by molar-refractivity contribution is -0.384. The van der Waals surface area contributed by atoms with E-state index in [0.29, 0.717) is 17.1 Å². The molecular weight excluding hydrogens is 360 g/mol. The molecule has 7 nitrogen and oxygen atoms in total. The highest BCUT2D eigenvalue weighted by molar-refractivity contribution is 6.04. The van der Waals surface area contributed by atoms with E-state index in [2.05, 4.69) is 0 Å². The van der Waals surface area contributed by atoms with E-state index in [1.165, 1.54) is 25.3 Å². The van der Waals surface area contributed by atoms with Crippen LogP contribution in [0.5, 0.6) is 11.5 Å². The minimum Gasteiger partial charge on any atom is -0.493 e. The van der Waals surface area contributed by atoms with Crippen molar-refractivity contribution in [2.75, 3.05) is 7.11 Å². The third-order valence-corrected chi connectivity index (χ3v) is 3.95. The van der Waals surface area contributed by atoms with Gasteiger partial charge in [0.25, 0.3) is 5.69 Å². The maximum atomic E-state index is 12.1. The monoisotopic (exact) mass is 380 g/mol. The van der Waals surface area contributed by atoms with Crippen LogP contribution in [-0.4, -0.2) is 17.8 Å². The molecule has 28 heavy (non-hydrogen) atoms. The Morgan fingerprint density at radius 3 is 2.43 bits per heavy atom. The Balaban J connectivity index is 2.24. The first-order valence-corrected chi connectivity index (χ1v) is 8.56. The van der Waals surface area contributed by atoms with Gasteiger partial charge in [0.05, 0.1) is 17.6 Å². The van der Waals surface area contributed by atoms with Gasteiger partial charge >= 0.3 is 0 Å². The standard InChI is InChI=1S/C21H20N2O5/c1-14(2)21(24)17(12-22)10-16-6-9-19(27-3)20(11-16)28-13-15-4-7-18(8-5-15)23(25)26/h4-11,14H,13H2,1-3H3. The molecule has 0 radical (unpaired) electrons. The highest BCUT2D eigenvalue weighted by Gasteiger charge is 2.14. The fourth-order valence-corrected chi connectivity index (χ4v) is 2.41. The van der Waals surface area contributed by atoms with Crippen molar-refractivity contribution in [3.05, 3.63) is 69.3 Å². The number of hydrogen-bond donors (Lipinski definition) is 0. The predicted octanol–water partition coefficient (Wildman–Crippen LogP) is 4.31. The largest absolute Gasteiger partial charge is 0.493 e. The summed E-state index contributed by atoms with van der Waals surface area (Å²) in [6.07, 6.45) is 1.51. The lowest BCUT2D eigenvalue weighted by Crippen LogP contribution is -2.08. The second-order valence-corrected chi connectivity index (χ2v) is 6.31. The number of nitrogens with zero attached hydrogens (tertiary/aromatic N) is 2. The predicted molar refractivity (Wildman–Crippen MR) is 104 cm³/mol. The molecule has 0 N–H and O–H groups in total. The van der Waals surface area contributed by atoms with Gasteiger partial charge in [-0.2, -0.15) is 5.26 Å². The number of ketones is 1. The Morgan fingerprint density at radius 2 is 1.89 bits per heavy atom. The molecule has 0 amide bonds. The SMILES string of the molecule is COc1ccc(C=C(C#N)C(=O)C(C)C)cc1OCc1ccc([N+](=O)[O-])cc1. The Hall–Kier alpha value is -3.66.